The third-order valence-electron chi connectivity index (χ3n) is 6.70. The maximum atomic E-state index is 13.6. The lowest BCUT2D eigenvalue weighted by atomic mass is 9.60. The fourth-order valence-electron chi connectivity index (χ4n) is 5.79. The highest BCUT2D eigenvalue weighted by Crippen LogP contribution is 2.53. The van der Waals surface area contributed by atoms with Crippen LogP contribution in [-0.4, -0.2) is 41.6 Å². The number of aromatic amines is 1. The third-order valence-corrected chi connectivity index (χ3v) is 6.70. The highest BCUT2D eigenvalue weighted by Gasteiger charge is 2.60. The number of para-hydroxylation sites is 1. The van der Waals surface area contributed by atoms with Gasteiger partial charge in [-0.05, 0) is 36.8 Å². The second kappa shape index (κ2) is 6.10. The maximum Gasteiger partial charge on any atom is 0.320 e. The average Bonchev–Trinajstić information content (AvgIpc) is 3.04. The number of fused-ring (bicyclic) bond motifs is 3. The molecule has 1 aliphatic carbocycles. The van der Waals surface area contributed by atoms with Crippen LogP contribution in [0.25, 0.3) is 10.9 Å². The number of ether oxygens (including phenoxy) is 1. The van der Waals surface area contributed by atoms with Gasteiger partial charge < -0.3 is 9.72 Å². The van der Waals surface area contributed by atoms with Crippen molar-refractivity contribution in [3.05, 3.63) is 59.8 Å². The van der Waals surface area contributed by atoms with E-state index >= 15 is 0 Å². The first-order valence-corrected chi connectivity index (χ1v) is 10.0. The summed E-state index contributed by atoms with van der Waals surface area (Å²) in [7, 11) is 0. The van der Waals surface area contributed by atoms with Crippen LogP contribution < -0.4 is 0 Å². The minimum Gasteiger partial charge on any atom is -0.461 e. The average molecular weight is 362 g/mol. The SMILES string of the molecule is C=CCOC(=O)[C@]12CC3C=C(CC)[C@H]1N(CCc1c2[nH]c2ccccc12)C3. The molecule has 4 bridgehead atoms. The maximum absolute atomic E-state index is 13.6. The number of nitrogens with one attached hydrogen (secondary N) is 1. The Morgan fingerprint density at radius 3 is 3.11 bits per heavy atom. The molecule has 6 rings (SSSR count). The lowest BCUT2D eigenvalue weighted by Gasteiger charge is -2.53. The molecule has 1 saturated heterocycles. The molecule has 1 fully saturated rings. The van der Waals surface area contributed by atoms with Crippen molar-refractivity contribution >= 4 is 16.9 Å². The van der Waals surface area contributed by atoms with Gasteiger partial charge in [0, 0.05) is 29.7 Å². The molecule has 2 aromatic rings. The summed E-state index contributed by atoms with van der Waals surface area (Å²) in [5.41, 5.74) is 4.26. The summed E-state index contributed by atoms with van der Waals surface area (Å²) in [6.07, 6.45) is 6.86. The Morgan fingerprint density at radius 1 is 1.44 bits per heavy atom. The monoisotopic (exact) mass is 362 g/mol. The normalized spacial score (nSPS) is 31.1. The summed E-state index contributed by atoms with van der Waals surface area (Å²) >= 11 is 0. The highest BCUT2D eigenvalue weighted by atomic mass is 16.5. The van der Waals surface area contributed by atoms with E-state index in [0.29, 0.717) is 5.92 Å². The van der Waals surface area contributed by atoms with Gasteiger partial charge in [0.25, 0.3) is 0 Å². The van der Waals surface area contributed by atoms with Gasteiger partial charge in [0.2, 0.25) is 0 Å². The molecule has 4 nitrogen and oxygen atoms in total. The number of nitrogens with zero attached hydrogens (tertiary/aromatic N) is 1. The molecule has 1 N–H and O–H groups in total. The van der Waals surface area contributed by atoms with E-state index in [2.05, 4.69) is 53.7 Å². The number of carbonyl (C=O) groups is 1. The van der Waals surface area contributed by atoms with Crippen molar-refractivity contribution in [3.8, 4) is 0 Å². The summed E-state index contributed by atoms with van der Waals surface area (Å²) in [6, 6.07) is 8.52. The Kier molecular flexibility index (Phi) is 3.80. The van der Waals surface area contributed by atoms with Gasteiger partial charge >= 0.3 is 5.97 Å². The zero-order valence-electron chi connectivity index (χ0n) is 15.8. The predicted octanol–water partition coefficient (Wildman–Crippen LogP) is 3.73. The zero-order chi connectivity index (χ0) is 18.6. The Morgan fingerprint density at radius 2 is 2.30 bits per heavy atom. The van der Waals surface area contributed by atoms with E-state index in [1.807, 2.05) is 0 Å². The summed E-state index contributed by atoms with van der Waals surface area (Å²) in [6.45, 7) is 8.23. The largest absolute Gasteiger partial charge is 0.461 e. The van der Waals surface area contributed by atoms with Crippen LogP contribution in [0, 0.1) is 5.92 Å². The van der Waals surface area contributed by atoms with Crippen LogP contribution in [0.4, 0.5) is 0 Å². The first kappa shape index (κ1) is 16.8. The Bertz CT molecular complexity index is 956. The zero-order valence-corrected chi connectivity index (χ0v) is 15.8. The molecule has 0 saturated carbocycles. The van der Waals surface area contributed by atoms with Gasteiger partial charge in [-0.3, -0.25) is 9.69 Å². The van der Waals surface area contributed by atoms with Crippen LogP contribution in [0.5, 0.6) is 0 Å². The number of benzene rings is 1. The van der Waals surface area contributed by atoms with E-state index in [-0.39, 0.29) is 18.6 Å². The van der Waals surface area contributed by atoms with E-state index in [1.165, 1.54) is 16.5 Å². The first-order chi connectivity index (χ1) is 13.2. The topological polar surface area (TPSA) is 45.3 Å². The molecule has 4 heterocycles. The summed E-state index contributed by atoms with van der Waals surface area (Å²) in [4.78, 5) is 19.8. The molecule has 0 radical (unpaired) electrons. The number of piperidine rings is 1. The molecule has 4 aliphatic rings. The van der Waals surface area contributed by atoms with Crippen molar-refractivity contribution in [1.82, 2.24) is 9.88 Å². The van der Waals surface area contributed by atoms with Crippen LogP contribution >= 0.6 is 0 Å². The van der Waals surface area contributed by atoms with E-state index in [0.717, 1.165) is 43.6 Å². The molecule has 0 amide bonds. The minimum atomic E-state index is -0.642. The lowest BCUT2D eigenvalue weighted by Crippen LogP contribution is -2.64. The fourth-order valence-corrected chi connectivity index (χ4v) is 5.79. The minimum absolute atomic E-state index is 0.0964. The number of carbonyl (C=O) groups excluding carboxylic acids is 1. The Balaban J connectivity index is 1.77. The van der Waals surface area contributed by atoms with Gasteiger partial charge in [-0.15, -0.1) is 0 Å². The van der Waals surface area contributed by atoms with Crippen LogP contribution in [0.15, 0.2) is 48.6 Å². The molecule has 0 spiro atoms. The Labute approximate surface area is 159 Å². The quantitative estimate of drug-likeness (QED) is 0.666. The molecule has 4 heteroatoms. The summed E-state index contributed by atoms with van der Waals surface area (Å²) in [5, 5.41) is 1.25. The second-order valence-corrected chi connectivity index (χ2v) is 8.09. The van der Waals surface area contributed by atoms with Crippen molar-refractivity contribution in [2.75, 3.05) is 19.7 Å². The molecular formula is C23H26N2O2. The summed E-state index contributed by atoms with van der Waals surface area (Å²) < 4.78 is 5.73. The molecule has 4 atom stereocenters. The van der Waals surface area contributed by atoms with Crippen molar-refractivity contribution in [1.29, 1.82) is 0 Å². The van der Waals surface area contributed by atoms with Crippen molar-refractivity contribution < 1.29 is 9.53 Å². The van der Waals surface area contributed by atoms with E-state index < -0.39 is 5.41 Å². The first-order valence-electron chi connectivity index (χ1n) is 10.0. The Hall–Kier alpha value is -2.33. The number of H-pyrrole nitrogens is 1. The standard InChI is InChI=1S/C23H26N2O2/c1-3-11-27-22(26)23-13-15-12-16(4-2)21(23)25(14-15)10-9-18-17-7-5-6-8-19(17)24-20(18)23/h3,5-8,12,15,21,24H,1,4,9-11,13-14H2,2H3/t15?,21-,23+/m1/s1. The van der Waals surface area contributed by atoms with Crippen LogP contribution in [0.1, 0.15) is 31.0 Å². The molecule has 27 heavy (non-hydrogen) atoms. The fraction of sp³-hybridized carbons (Fsp3) is 0.435. The van der Waals surface area contributed by atoms with Crippen LogP contribution in [0.3, 0.4) is 0 Å². The van der Waals surface area contributed by atoms with Crippen molar-refractivity contribution in [2.24, 2.45) is 5.92 Å². The molecule has 1 aromatic carbocycles. The molecular weight excluding hydrogens is 336 g/mol. The van der Waals surface area contributed by atoms with Crippen LogP contribution in [-0.2, 0) is 21.4 Å². The van der Waals surface area contributed by atoms with Gasteiger partial charge in [0.05, 0.1) is 6.04 Å². The number of rotatable bonds is 4. The molecule has 2 unspecified atom stereocenters. The number of esters is 1. The predicted molar refractivity (Wildman–Crippen MR) is 107 cm³/mol. The van der Waals surface area contributed by atoms with E-state index in [9.17, 15) is 4.79 Å². The van der Waals surface area contributed by atoms with Gasteiger partial charge in [-0.2, -0.15) is 0 Å². The summed E-state index contributed by atoms with van der Waals surface area (Å²) in [5.74, 6) is 0.300. The lowest BCUT2D eigenvalue weighted by molar-refractivity contribution is -0.155. The molecule has 1 aromatic heterocycles. The van der Waals surface area contributed by atoms with E-state index in [1.54, 1.807) is 6.08 Å². The molecule has 140 valence electrons. The van der Waals surface area contributed by atoms with Gasteiger partial charge in [0.1, 0.15) is 12.0 Å². The molecule has 3 aliphatic heterocycles. The van der Waals surface area contributed by atoms with Crippen LogP contribution in [0.2, 0.25) is 0 Å². The van der Waals surface area contributed by atoms with Gasteiger partial charge in [-0.25, -0.2) is 0 Å². The highest BCUT2D eigenvalue weighted by molar-refractivity contribution is 5.92. The van der Waals surface area contributed by atoms with Crippen molar-refractivity contribution in [2.45, 2.75) is 37.6 Å². The van der Waals surface area contributed by atoms with Gasteiger partial charge in [-0.1, -0.05) is 49.4 Å². The van der Waals surface area contributed by atoms with E-state index in [4.69, 9.17) is 4.74 Å². The van der Waals surface area contributed by atoms with Gasteiger partial charge in [0.15, 0.2) is 0 Å². The second-order valence-electron chi connectivity index (χ2n) is 8.09. The number of hydrogen-bond acceptors (Lipinski definition) is 3. The number of aromatic nitrogens is 1. The van der Waals surface area contributed by atoms with Crippen molar-refractivity contribution in [3.63, 3.8) is 0 Å². The third kappa shape index (κ3) is 2.23. The smallest absolute Gasteiger partial charge is 0.320 e. The number of hydrogen-bond donors (Lipinski definition) is 1.